The molecule has 1 heterocycles. The predicted molar refractivity (Wildman–Crippen MR) is 78.2 cm³/mol. The van der Waals surface area contributed by atoms with Crippen molar-refractivity contribution in [2.45, 2.75) is 25.3 Å². The molecule has 1 aliphatic rings. The fourth-order valence-corrected chi connectivity index (χ4v) is 2.14. The largest absolute Gasteiger partial charge is 0.482 e. The molecule has 0 saturated carbocycles. The van der Waals surface area contributed by atoms with Gasteiger partial charge in [-0.05, 0) is 43.7 Å². The SMILES string of the molecule is COC(=O)COc1ccc(NC(=O)C2CCCCN2)cc1. The molecule has 1 amide bonds. The molecule has 0 aromatic heterocycles. The highest BCUT2D eigenvalue weighted by molar-refractivity contribution is 5.94. The number of carbonyl (C=O) groups excluding carboxylic acids is 2. The van der Waals surface area contributed by atoms with Crippen LogP contribution in [0.3, 0.4) is 0 Å². The Morgan fingerprint density at radius 2 is 2.05 bits per heavy atom. The minimum absolute atomic E-state index is 0.0158. The number of benzene rings is 1. The highest BCUT2D eigenvalue weighted by Gasteiger charge is 2.20. The number of ether oxygens (including phenoxy) is 2. The quantitative estimate of drug-likeness (QED) is 0.800. The van der Waals surface area contributed by atoms with Crippen molar-refractivity contribution in [3.63, 3.8) is 0 Å². The standard InChI is InChI=1S/C15H20N2O4/c1-20-14(18)10-21-12-7-5-11(6-8-12)17-15(19)13-4-2-3-9-16-13/h5-8,13,16H,2-4,9-10H2,1H3,(H,17,19). The molecule has 1 aromatic carbocycles. The van der Waals surface area contributed by atoms with Crippen LogP contribution in [0.1, 0.15) is 19.3 Å². The highest BCUT2D eigenvalue weighted by atomic mass is 16.6. The fraction of sp³-hybridized carbons (Fsp3) is 0.467. The van der Waals surface area contributed by atoms with Crippen molar-refractivity contribution in [2.75, 3.05) is 25.6 Å². The Morgan fingerprint density at radius 3 is 2.67 bits per heavy atom. The Bertz CT molecular complexity index is 481. The van der Waals surface area contributed by atoms with Gasteiger partial charge in [-0.15, -0.1) is 0 Å². The smallest absolute Gasteiger partial charge is 0.343 e. The van der Waals surface area contributed by atoms with Gasteiger partial charge in [0.15, 0.2) is 6.61 Å². The van der Waals surface area contributed by atoms with E-state index in [1.165, 1.54) is 7.11 Å². The van der Waals surface area contributed by atoms with Crippen molar-refractivity contribution in [2.24, 2.45) is 0 Å². The zero-order chi connectivity index (χ0) is 15.1. The van der Waals surface area contributed by atoms with E-state index in [-0.39, 0.29) is 18.6 Å². The van der Waals surface area contributed by atoms with E-state index in [0.29, 0.717) is 11.4 Å². The topological polar surface area (TPSA) is 76.7 Å². The minimum atomic E-state index is -0.434. The molecule has 1 aliphatic heterocycles. The monoisotopic (exact) mass is 292 g/mol. The van der Waals surface area contributed by atoms with E-state index in [1.54, 1.807) is 24.3 Å². The van der Waals surface area contributed by atoms with Crippen molar-refractivity contribution >= 4 is 17.6 Å². The third kappa shape index (κ3) is 4.75. The van der Waals surface area contributed by atoms with Gasteiger partial charge in [0.2, 0.25) is 5.91 Å². The summed E-state index contributed by atoms with van der Waals surface area (Å²) in [6.45, 7) is 0.757. The zero-order valence-electron chi connectivity index (χ0n) is 12.1. The number of methoxy groups -OCH3 is 1. The van der Waals surface area contributed by atoms with Crippen molar-refractivity contribution < 1.29 is 19.1 Å². The first kappa shape index (κ1) is 15.3. The summed E-state index contributed by atoms with van der Waals surface area (Å²) in [6.07, 6.45) is 3.06. The molecule has 114 valence electrons. The van der Waals surface area contributed by atoms with Gasteiger partial charge >= 0.3 is 5.97 Å². The Morgan fingerprint density at radius 1 is 1.29 bits per heavy atom. The Balaban J connectivity index is 1.84. The molecule has 6 nitrogen and oxygen atoms in total. The maximum absolute atomic E-state index is 12.0. The summed E-state index contributed by atoms with van der Waals surface area (Å²) >= 11 is 0. The van der Waals surface area contributed by atoms with Crippen LogP contribution in [0.25, 0.3) is 0 Å². The summed E-state index contributed by atoms with van der Waals surface area (Å²) < 4.78 is 9.72. The van der Waals surface area contributed by atoms with Crippen LogP contribution < -0.4 is 15.4 Å². The normalized spacial score (nSPS) is 17.9. The van der Waals surface area contributed by atoms with Crippen LogP contribution in [0.4, 0.5) is 5.69 Å². The lowest BCUT2D eigenvalue weighted by Crippen LogP contribution is -2.43. The number of piperidine rings is 1. The van der Waals surface area contributed by atoms with Crippen molar-refractivity contribution in [1.29, 1.82) is 0 Å². The minimum Gasteiger partial charge on any atom is -0.482 e. The lowest BCUT2D eigenvalue weighted by atomic mass is 10.0. The summed E-state index contributed by atoms with van der Waals surface area (Å²) in [7, 11) is 1.31. The summed E-state index contributed by atoms with van der Waals surface area (Å²) in [5.41, 5.74) is 0.706. The molecule has 6 heteroatoms. The van der Waals surface area contributed by atoms with Crippen molar-refractivity contribution in [3.05, 3.63) is 24.3 Å². The molecule has 1 atom stereocenters. The average Bonchev–Trinajstić information content (AvgIpc) is 2.54. The van der Waals surface area contributed by atoms with E-state index in [9.17, 15) is 9.59 Å². The molecule has 2 N–H and O–H groups in total. The first-order chi connectivity index (χ1) is 10.2. The third-order valence-electron chi connectivity index (χ3n) is 3.33. The van der Waals surface area contributed by atoms with E-state index in [4.69, 9.17) is 4.74 Å². The molecule has 0 radical (unpaired) electrons. The van der Waals surface area contributed by atoms with Crippen molar-refractivity contribution in [1.82, 2.24) is 5.32 Å². The van der Waals surface area contributed by atoms with E-state index >= 15 is 0 Å². The maximum Gasteiger partial charge on any atom is 0.343 e. The number of hydrogen-bond donors (Lipinski definition) is 2. The van der Waals surface area contributed by atoms with E-state index < -0.39 is 5.97 Å². The van der Waals surface area contributed by atoms with E-state index in [2.05, 4.69) is 15.4 Å². The van der Waals surface area contributed by atoms with Crippen LogP contribution in [0.5, 0.6) is 5.75 Å². The average molecular weight is 292 g/mol. The number of amides is 1. The molecule has 1 aromatic rings. The lowest BCUT2D eigenvalue weighted by Gasteiger charge is -2.22. The Hall–Kier alpha value is -2.08. The molecule has 1 saturated heterocycles. The number of esters is 1. The predicted octanol–water partition coefficient (Wildman–Crippen LogP) is 1.32. The number of nitrogens with one attached hydrogen (secondary N) is 2. The summed E-state index contributed by atoms with van der Waals surface area (Å²) in [6, 6.07) is 6.77. The second-order valence-electron chi connectivity index (χ2n) is 4.88. The van der Waals surface area contributed by atoms with Crippen molar-refractivity contribution in [3.8, 4) is 5.75 Å². The number of rotatable bonds is 5. The molecular weight excluding hydrogens is 272 g/mol. The van der Waals surface area contributed by atoms with Gasteiger partial charge in [0.1, 0.15) is 5.75 Å². The highest BCUT2D eigenvalue weighted by Crippen LogP contribution is 2.17. The Kier molecular flexibility index (Phi) is 5.57. The molecular formula is C15H20N2O4. The van der Waals surface area contributed by atoms with Crippen LogP contribution in [0.2, 0.25) is 0 Å². The fourth-order valence-electron chi connectivity index (χ4n) is 2.14. The van der Waals surface area contributed by atoms with Crippen LogP contribution in [-0.4, -0.2) is 38.2 Å². The van der Waals surface area contributed by atoms with Crippen LogP contribution in [0.15, 0.2) is 24.3 Å². The molecule has 0 aliphatic carbocycles. The van der Waals surface area contributed by atoms with Gasteiger partial charge in [-0.3, -0.25) is 4.79 Å². The van der Waals surface area contributed by atoms with Gasteiger partial charge < -0.3 is 20.1 Å². The number of anilines is 1. The van der Waals surface area contributed by atoms with Gasteiger partial charge in [-0.2, -0.15) is 0 Å². The van der Waals surface area contributed by atoms with Crippen LogP contribution in [0, 0.1) is 0 Å². The Labute approximate surface area is 123 Å². The van der Waals surface area contributed by atoms with Gasteiger partial charge in [0.25, 0.3) is 0 Å². The molecule has 0 spiro atoms. The summed E-state index contributed by atoms with van der Waals surface area (Å²) in [5, 5.41) is 6.07. The number of hydrogen-bond acceptors (Lipinski definition) is 5. The first-order valence-corrected chi connectivity index (χ1v) is 7.03. The van der Waals surface area contributed by atoms with E-state index in [0.717, 1.165) is 25.8 Å². The summed E-state index contributed by atoms with van der Waals surface area (Å²) in [5.74, 6) is 0.0999. The molecule has 1 unspecified atom stereocenters. The molecule has 0 bridgehead atoms. The van der Waals surface area contributed by atoms with Crippen LogP contribution >= 0.6 is 0 Å². The maximum atomic E-state index is 12.0. The third-order valence-corrected chi connectivity index (χ3v) is 3.33. The number of carbonyl (C=O) groups is 2. The van der Waals surface area contributed by atoms with Gasteiger partial charge in [-0.25, -0.2) is 4.79 Å². The van der Waals surface area contributed by atoms with Crippen LogP contribution in [-0.2, 0) is 14.3 Å². The van der Waals surface area contributed by atoms with Gasteiger partial charge in [0, 0.05) is 5.69 Å². The summed E-state index contributed by atoms with van der Waals surface area (Å²) in [4.78, 5) is 23.0. The van der Waals surface area contributed by atoms with Gasteiger partial charge in [-0.1, -0.05) is 6.42 Å². The lowest BCUT2D eigenvalue weighted by molar-refractivity contribution is -0.142. The first-order valence-electron chi connectivity index (χ1n) is 7.03. The second-order valence-corrected chi connectivity index (χ2v) is 4.88. The molecule has 21 heavy (non-hydrogen) atoms. The van der Waals surface area contributed by atoms with Gasteiger partial charge in [0.05, 0.1) is 13.2 Å². The zero-order valence-corrected chi connectivity index (χ0v) is 12.1. The van der Waals surface area contributed by atoms with E-state index in [1.807, 2.05) is 0 Å². The molecule has 1 fully saturated rings. The second kappa shape index (κ2) is 7.64. The molecule has 2 rings (SSSR count).